The second-order valence-corrected chi connectivity index (χ2v) is 6.89. The molecule has 0 aliphatic heterocycles. The zero-order valence-corrected chi connectivity index (χ0v) is 14.6. The molecule has 0 aromatic heterocycles. The first kappa shape index (κ1) is 19.8. The van der Waals surface area contributed by atoms with Crippen LogP contribution in [0.5, 0.6) is 0 Å². The molecule has 0 heterocycles. The number of carbonyl (C=O) groups is 3. The highest BCUT2D eigenvalue weighted by Crippen LogP contribution is 2.49. The highest BCUT2D eigenvalue weighted by molar-refractivity contribution is 5.89. The third-order valence-corrected chi connectivity index (χ3v) is 4.26. The van der Waals surface area contributed by atoms with Crippen molar-refractivity contribution in [2.45, 2.75) is 38.6 Å². The molecular weight excluding hydrogens is 346 g/mol. The molecule has 142 valence electrons. The summed E-state index contributed by atoms with van der Waals surface area (Å²) in [6.07, 6.45) is 0.572. The van der Waals surface area contributed by atoms with Gasteiger partial charge in [0.1, 0.15) is 17.7 Å². The lowest BCUT2D eigenvalue weighted by molar-refractivity contribution is -0.142. The van der Waals surface area contributed by atoms with Crippen LogP contribution in [0, 0.1) is 23.5 Å². The second-order valence-electron chi connectivity index (χ2n) is 6.89. The smallest absolute Gasteiger partial charge is 0.326 e. The Morgan fingerprint density at radius 1 is 1.23 bits per heavy atom. The van der Waals surface area contributed by atoms with Crippen LogP contribution < -0.4 is 10.6 Å². The summed E-state index contributed by atoms with van der Waals surface area (Å²) in [6.45, 7) is 3.28. The summed E-state index contributed by atoms with van der Waals surface area (Å²) < 4.78 is 27.4. The molecule has 26 heavy (non-hydrogen) atoms. The number of hydrogen-bond donors (Lipinski definition) is 3. The maximum atomic E-state index is 13.7. The SMILES string of the molecule is CC(C)C[C@H](NC(=O)CNC(=O)C1CC1c1c(F)cccc1F)C(=O)O. The van der Waals surface area contributed by atoms with E-state index in [4.69, 9.17) is 5.11 Å². The van der Waals surface area contributed by atoms with Crippen molar-refractivity contribution in [1.82, 2.24) is 10.6 Å². The summed E-state index contributed by atoms with van der Waals surface area (Å²) in [5, 5.41) is 13.8. The van der Waals surface area contributed by atoms with Gasteiger partial charge in [0.25, 0.3) is 0 Å². The van der Waals surface area contributed by atoms with Crippen LogP contribution in [0.2, 0.25) is 0 Å². The van der Waals surface area contributed by atoms with E-state index in [-0.39, 0.29) is 24.4 Å². The number of carboxylic acid groups (broad SMARTS) is 1. The summed E-state index contributed by atoms with van der Waals surface area (Å²) in [5.41, 5.74) is -0.111. The van der Waals surface area contributed by atoms with Gasteiger partial charge in [0.15, 0.2) is 0 Å². The van der Waals surface area contributed by atoms with E-state index < -0.39 is 47.3 Å². The van der Waals surface area contributed by atoms with Crippen molar-refractivity contribution in [2.24, 2.45) is 11.8 Å². The molecule has 6 nitrogen and oxygen atoms in total. The van der Waals surface area contributed by atoms with Gasteiger partial charge in [0.2, 0.25) is 11.8 Å². The van der Waals surface area contributed by atoms with E-state index in [1.165, 1.54) is 6.07 Å². The minimum absolute atomic E-state index is 0.0777. The van der Waals surface area contributed by atoms with Gasteiger partial charge in [-0.05, 0) is 30.9 Å². The molecule has 2 amide bonds. The van der Waals surface area contributed by atoms with Gasteiger partial charge in [0, 0.05) is 17.4 Å². The van der Waals surface area contributed by atoms with Crippen LogP contribution in [0.3, 0.4) is 0 Å². The van der Waals surface area contributed by atoms with E-state index in [0.717, 1.165) is 12.1 Å². The average molecular weight is 368 g/mol. The number of carbonyl (C=O) groups excluding carboxylic acids is 2. The third-order valence-electron chi connectivity index (χ3n) is 4.26. The van der Waals surface area contributed by atoms with Crippen molar-refractivity contribution < 1.29 is 28.3 Å². The van der Waals surface area contributed by atoms with Crippen molar-refractivity contribution in [3.63, 3.8) is 0 Å². The third kappa shape index (κ3) is 5.00. The second kappa shape index (κ2) is 8.25. The van der Waals surface area contributed by atoms with Crippen LogP contribution in [0.4, 0.5) is 8.78 Å². The van der Waals surface area contributed by atoms with E-state index in [2.05, 4.69) is 10.6 Å². The monoisotopic (exact) mass is 368 g/mol. The van der Waals surface area contributed by atoms with Gasteiger partial charge < -0.3 is 15.7 Å². The Hall–Kier alpha value is -2.51. The fraction of sp³-hybridized carbons (Fsp3) is 0.500. The first-order valence-electron chi connectivity index (χ1n) is 8.44. The summed E-state index contributed by atoms with van der Waals surface area (Å²) in [7, 11) is 0. The van der Waals surface area contributed by atoms with Crippen molar-refractivity contribution in [1.29, 1.82) is 0 Å². The quantitative estimate of drug-likeness (QED) is 0.652. The molecule has 0 saturated heterocycles. The maximum absolute atomic E-state index is 13.7. The van der Waals surface area contributed by atoms with Crippen molar-refractivity contribution in [3.05, 3.63) is 35.4 Å². The molecule has 1 aliphatic rings. The number of rotatable bonds is 8. The fourth-order valence-electron chi connectivity index (χ4n) is 2.91. The highest BCUT2D eigenvalue weighted by Gasteiger charge is 2.46. The van der Waals surface area contributed by atoms with Gasteiger partial charge in [-0.2, -0.15) is 0 Å². The van der Waals surface area contributed by atoms with E-state index in [1.807, 2.05) is 13.8 Å². The molecule has 1 fully saturated rings. The van der Waals surface area contributed by atoms with Gasteiger partial charge in [-0.15, -0.1) is 0 Å². The van der Waals surface area contributed by atoms with E-state index in [1.54, 1.807) is 0 Å². The van der Waals surface area contributed by atoms with Crippen molar-refractivity contribution in [2.75, 3.05) is 6.54 Å². The van der Waals surface area contributed by atoms with Gasteiger partial charge in [0.05, 0.1) is 6.54 Å². The van der Waals surface area contributed by atoms with Crippen LogP contribution in [0.15, 0.2) is 18.2 Å². The highest BCUT2D eigenvalue weighted by atomic mass is 19.1. The Labute approximate surface area is 150 Å². The predicted octanol–water partition coefficient (Wildman–Crippen LogP) is 1.80. The lowest BCUT2D eigenvalue weighted by atomic mass is 10.0. The minimum atomic E-state index is -1.14. The zero-order chi connectivity index (χ0) is 19.4. The van der Waals surface area contributed by atoms with Crippen molar-refractivity contribution in [3.8, 4) is 0 Å². The maximum Gasteiger partial charge on any atom is 0.326 e. The number of carboxylic acids is 1. The number of aliphatic carboxylic acids is 1. The van der Waals surface area contributed by atoms with Gasteiger partial charge >= 0.3 is 5.97 Å². The number of benzene rings is 1. The summed E-state index contributed by atoms with van der Waals surface area (Å²) in [4.78, 5) is 35.0. The Morgan fingerprint density at radius 2 is 1.85 bits per heavy atom. The summed E-state index contributed by atoms with van der Waals surface area (Å²) in [6, 6.07) is 2.51. The molecule has 0 bridgehead atoms. The lowest BCUT2D eigenvalue weighted by Crippen LogP contribution is -2.46. The van der Waals surface area contributed by atoms with Crippen LogP contribution in [0.25, 0.3) is 0 Å². The first-order chi connectivity index (χ1) is 12.2. The molecule has 3 atom stereocenters. The molecular formula is C18H22F2N2O4. The van der Waals surface area contributed by atoms with E-state index in [0.29, 0.717) is 6.42 Å². The average Bonchev–Trinajstić information content (AvgIpc) is 3.31. The molecule has 0 spiro atoms. The summed E-state index contributed by atoms with van der Waals surface area (Å²) >= 11 is 0. The molecule has 2 rings (SSSR count). The predicted molar refractivity (Wildman–Crippen MR) is 89.2 cm³/mol. The standard InChI is InChI=1S/C18H22F2N2O4/c1-9(2)6-14(18(25)26)22-15(23)8-21-17(24)11-7-10(11)16-12(19)4-3-5-13(16)20/h3-5,9-11,14H,6-8H2,1-2H3,(H,21,24)(H,22,23)(H,25,26)/t10?,11?,14-/m0/s1. The normalized spacial score (nSPS) is 19.7. The molecule has 1 aromatic rings. The molecule has 0 radical (unpaired) electrons. The Balaban J connectivity index is 1.84. The molecule has 1 aromatic carbocycles. The number of hydrogen-bond acceptors (Lipinski definition) is 3. The van der Waals surface area contributed by atoms with Crippen LogP contribution in [0.1, 0.15) is 38.2 Å². The number of amides is 2. The molecule has 8 heteroatoms. The summed E-state index contributed by atoms with van der Waals surface area (Å²) in [5.74, 6) is -4.71. The molecule has 2 unspecified atom stereocenters. The van der Waals surface area contributed by atoms with Gasteiger partial charge in [-0.25, -0.2) is 13.6 Å². The zero-order valence-electron chi connectivity index (χ0n) is 14.6. The fourth-order valence-corrected chi connectivity index (χ4v) is 2.91. The largest absolute Gasteiger partial charge is 0.480 e. The van der Waals surface area contributed by atoms with Crippen LogP contribution >= 0.6 is 0 Å². The van der Waals surface area contributed by atoms with Crippen LogP contribution in [-0.2, 0) is 14.4 Å². The topological polar surface area (TPSA) is 95.5 Å². The Morgan fingerprint density at radius 3 is 2.38 bits per heavy atom. The first-order valence-corrected chi connectivity index (χ1v) is 8.44. The Bertz CT molecular complexity index is 688. The molecule has 1 aliphatic carbocycles. The van der Waals surface area contributed by atoms with E-state index >= 15 is 0 Å². The number of nitrogens with one attached hydrogen (secondary N) is 2. The van der Waals surface area contributed by atoms with Crippen molar-refractivity contribution >= 4 is 17.8 Å². The number of halogens is 2. The lowest BCUT2D eigenvalue weighted by Gasteiger charge is -2.16. The molecule has 1 saturated carbocycles. The van der Waals surface area contributed by atoms with Gasteiger partial charge in [-0.3, -0.25) is 9.59 Å². The van der Waals surface area contributed by atoms with E-state index in [9.17, 15) is 23.2 Å². The Kier molecular flexibility index (Phi) is 6.28. The van der Waals surface area contributed by atoms with Crippen LogP contribution in [-0.4, -0.2) is 35.5 Å². The van der Waals surface area contributed by atoms with Gasteiger partial charge in [-0.1, -0.05) is 19.9 Å². The molecule has 3 N–H and O–H groups in total. The minimum Gasteiger partial charge on any atom is -0.480 e.